The number of nitrogens with zero attached hydrogens (tertiary/aromatic N) is 3. The third-order valence-electron chi connectivity index (χ3n) is 2.49. The SMILES string of the molecule is O=[N+]([O-])c1nn(Cc2ccc(Br)cc2Cl)cc1S(=O)(=O)Cl. The van der Waals surface area contributed by atoms with Gasteiger partial charge in [0.15, 0.2) is 0 Å². The highest BCUT2D eigenvalue weighted by atomic mass is 79.9. The van der Waals surface area contributed by atoms with Crippen LogP contribution in [0.4, 0.5) is 5.82 Å². The van der Waals surface area contributed by atoms with Gasteiger partial charge >= 0.3 is 5.82 Å². The average molecular weight is 415 g/mol. The molecule has 1 aromatic carbocycles. The second-order valence-electron chi connectivity index (χ2n) is 3.95. The van der Waals surface area contributed by atoms with Crippen molar-refractivity contribution in [2.45, 2.75) is 11.4 Å². The fraction of sp³-hybridized carbons (Fsp3) is 0.100. The van der Waals surface area contributed by atoms with Crippen LogP contribution in [0.15, 0.2) is 33.8 Å². The molecule has 0 fully saturated rings. The molecule has 1 aromatic heterocycles. The summed E-state index contributed by atoms with van der Waals surface area (Å²) in [5, 5.41) is 14.9. The first-order chi connectivity index (χ1) is 9.68. The van der Waals surface area contributed by atoms with Gasteiger partial charge in [-0.15, -0.1) is 0 Å². The monoisotopic (exact) mass is 413 g/mol. The molecule has 0 saturated heterocycles. The molecular weight excluding hydrogens is 409 g/mol. The van der Waals surface area contributed by atoms with E-state index in [1.807, 2.05) is 0 Å². The van der Waals surface area contributed by atoms with Crippen LogP contribution in [0, 0.1) is 10.1 Å². The maximum atomic E-state index is 11.3. The summed E-state index contributed by atoms with van der Waals surface area (Å²) in [6.45, 7) is 0.0688. The Labute approximate surface area is 137 Å². The lowest BCUT2D eigenvalue weighted by molar-refractivity contribution is -0.392. The van der Waals surface area contributed by atoms with Crippen molar-refractivity contribution >= 4 is 53.1 Å². The summed E-state index contributed by atoms with van der Waals surface area (Å²) >= 11 is 9.28. The number of halogens is 3. The zero-order valence-electron chi connectivity index (χ0n) is 10.0. The predicted octanol–water partition coefficient (Wildman–Crippen LogP) is 3.18. The molecule has 0 spiro atoms. The Hall–Kier alpha value is -1.16. The Morgan fingerprint density at radius 2 is 2.10 bits per heavy atom. The zero-order valence-corrected chi connectivity index (χ0v) is 13.9. The van der Waals surface area contributed by atoms with Gasteiger partial charge in [-0.2, -0.15) is 4.68 Å². The van der Waals surface area contributed by atoms with Gasteiger partial charge in [0.25, 0.3) is 9.05 Å². The molecule has 0 aliphatic heterocycles. The minimum Gasteiger partial charge on any atom is -0.358 e. The molecule has 0 unspecified atom stereocenters. The van der Waals surface area contributed by atoms with Crippen molar-refractivity contribution < 1.29 is 13.3 Å². The van der Waals surface area contributed by atoms with E-state index in [1.54, 1.807) is 18.2 Å². The molecule has 21 heavy (non-hydrogen) atoms. The first kappa shape index (κ1) is 16.2. The summed E-state index contributed by atoms with van der Waals surface area (Å²) in [6.07, 6.45) is 0.999. The Bertz CT molecular complexity index is 822. The second kappa shape index (κ2) is 5.91. The minimum absolute atomic E-state index is 0.0688. The van der Waals surface area contributed by atoms with Crippen LogP contribution < -0.4 is 0 Å². The van der Waals surface area contributed by atoms with Gasteiger partial charge in [-0.1, -0.05) is 33.6 Å². The molecule has 0 aliphatic carbocycles. The van der Waals surface area contributed by atoms with Crippen LogP contribution in [0.1, 0.15) is 5.56 Å². The number of hydrogen-bond donors (Lipinski definition) is 0. The zero-order chi connectivity index (χ0) is 15.8. The number of benzene rings is 1. The maximum absolute atomic E-state index is 11.3. The Morgan fingerprint density at radius 1 is 1.43 bits per heavy atom. The normalized spacial score (nSPS) is 11.6. The maximum Gasteiger partial charge on any atom is 0.410 e. The highest BCUT2D eigenvalue weighted by molar-refractivity contribution is 9.10. The van der Waals surface area contributed by atoms with Gasteiger partial charge in [-0.05, 0) is 22.6 Å². The number of aromatic nitrogens is 2. The molecule has 0 N–H and O–H groups in total. The van der Waals surface area contributed by atoms with Crippen LogP contribution in [-0.2, 0) is 15.6 Å². The molecule has 112 valence electrons. The summed E-state index contributed by atoms with van der Waals surface area (Å²) in [4.78, 5) is 9.26. The van der Waals surface area contributed by atoms with Gasteiger partial charge in [-0.25, -0.2) is 8.42 Å². The standard InChI is InChI=1S/C10H6BrCl2N3O4S/c11-7-2-1-6(8(12)3-7)4-15-5-9(21(13,19)20)10(14-15)16(17)18/h1-3,5H,4H2. The van der Waals surface area contributed by atoms with E-state index in [0.717, 1.165) is 15.4 Å². The molecule has 0 bridgehead atoms. The van der Waals surface area contributed by atoms with Crippen molar-refractivity contribution in [2.24, 2.45) is 0 Å². The first-order valence-corrected chi connectivity index (χ1v) is 8.77. The Kier molecular flexibility index (Phi) is 4.57. The number of rotatable bonds is 4. The van der Waals surface area contributed by atoms with E-state index in [-0.39, 0.29) is 6.54 Å². The molecule has 11 heteroatoms. The molecule has 0 aliphatic rings. The lowest BCUT2D eigenvalue weighted by Crippen LogP contribution is -2.01. The quantitative estimate of drug-likeness (QED) is 0.435. The van der Waals surface area contributed by atoms with Crippen LogP contribution in [0.2, 0.25) is 5.02 Å². The Morgan fingerprint density at radius 3 is 2.57 bits per heavy atom. The molecule has 0 atom stereocenters. The molecule has 7 nitrogen and oxygen atoms in total. The smallest absolute Gasteiger partial charge is 0.358 e. The summed E-state index contributed by atoms with van der Waals surface area (Å²) in [7, 11) is 0.898. The topological polar surface area (TPSA) is 95.1 Å². The third kappa shape index (κ3) is 3.73. The van der Waals surface area contributed by atoms with E-state index in [2.05, 4.69) is 21.0 Å². The fourth-order valence-corrected chi connectivity index (χ4v) is 3.24. The van der Waals surface area contributed by atoms with Gasteiger partial charge in [0.2, 0.25) is 4.90 Å². The highest BCUT2D eigenvalue weighted by Gasteiger charge is 2.30. The minimum atomic E-state index is -4.26. The van der Waals surface area contributed by atoms with E-state index >= 15 is 0 Å². The van der Waals surface area contributed by atoms with E-state index in [0.29, 0.717) is 10.6 Å². The van der Waals surface area contributed by atoms with Crippen molar-refractivity contribution in [3.8, 4) is 0 Å². The van der Waals surface area contributed by atoms with E-state index in [1.165, 1.54) is 0 Å². The van der Waals surface area contributed by atoms with Crippen LogP contribution >= 0.6 is 38.2 Å². The Balaban J connectivity index is 2.44. The summed E-state index contributed by atoms with van der Waals surface area (Å²) < 4.78 is 24.5. The lowest BCUT2D eigenvalue weighted by Gasteiger charge is -2.02. The second-order valence-corrected chi connectivity index (χ2v) is 7.80. The van der Waals surface area contributed by atoms with Crippen molar-refractivity contribution in [3.05, 3.63) is 49.6 Å². The first-order valence-electron chi connectivity index (χ1n) is 5.29. The van der Waals surface area contributed by atoms with Crippen molar-refractivity contribution in [2.75, 3.05) is 0 Å². The molecule has 2 aromatic rings. The van der Waals surface area contributed by atoms with Crippen LogP contribution in [0.5, 0.6) is 0 Å². The molecule has 1 heterocycles. The van der Waals surface area contributed by atoms with E-state index in [4.69, 9.17) is 22.3 Å². The predicted molar refractivity (Wildman–Crippen MR) is 80.2 cm³/mol. The number of nitro groups is 1. The van der Waals surface area contributed by atoms with Crippen LogP contribution in [0.25, 0.3) is 0 Å². The van der Waals surface area contributed by atoms with Gasteiger partial charge < -0.3 is 10.1 Å². The van der Waals surface area contributed by atoms with Crippen molar-refractivity contribution in [1.82, 2.24) is 9.78 Å². The summed E-state index contributed by atoms with van der Waals surface area (Å²) in [5.74, 6) is -0.821. The molecule has 0 radical (unpaired) electrons. The van der Waals surface area contributed by atoms with E-state index < -0.39 is 24.7 Å². The van der Waals surface area contributed by atoms with Crippen molar-refractivity contribution in [3.63, 3.8) is 0 Å². The molecule has 0 amide bonds. The van der Waals surface area contributed by atoms with Crippen LogP contribution in [0.3, 0.4) is 0 Å². The van der Waals surface area contributed by atoms with Gasteiger partial charge in [0.1, 0.15) is 0 Å². The molecule has 0 saturated carbocycles. The van der Waals surface area contributed by atoms with Gasteiger partial charge in [0, 0.05) is 20.2 Å². The molecular formula is C10H6BrCl2N3O4S. The van der Waals surface area contributed by atoms with Crippen LogP contribution in [-0.4, -0.2) is 23.1 Å². The lowest BCUT2D eigenvalue weighted by atomic mass is 10.2. The summed E-state index contributed by atoms with van der Waals surface area (Å²) in [5.41, 5.74) is 0.621. The molecule has 2 rings (SSSR count). The van der Waals surface area contributed by atoms with Gasteiger partial charge in [0.05, 0.1) is 17.8 Å². The number of hydrogen-bond acceptors (Lipinski definition) is 5. The van der Waals surface area contributed by atoms with Gasteiger partial charge in [-0.3, -0.25) is 0 Å². The van der Waals surface area contributed by atoms with E-state index in [9.17, 15) is 18.5 Å². The average Bonchev–Trinajstić information content (AvgIpc) is 2.77. The third-order valence-corrected chi connectivity index (χ3v) is 4.65. The largest absolute Gasteiger partial charge is 0.410 e. The highest BCUT2D eigenvalue weighted by Crippen LogP contribution is 2.27. The fourth-order valence-electron chi connectivity index (χ4n) is 1.60. The van der Waals surface area contributed by atoms with Crippen molar-refractivity contribution in [1.29, 1.82) is 0 Å². The summed E-state index contributed by atoms with van der Waals surface area (Å²) in [6, 6.07) is 5.07.